The third kappa shape index (κ3) is 2.16. The molecule has 5 nitrogen and oxygen atoms in total. The number of rotatable bonds is 1. The van der Waals surface area contributed by atoms with Crippen LogP contribution in [0, 0.1) is 5.41 Å². The van der Waals surface area contributed by atoms with Gasteiger partial charge in [0, 0.05) is 24.4 Å². The number of piperidine rings is 1. The van der Waals surface area contributed by atoms with Crippen LogP contribution in [0.3, 0.4) is 0 Å². The van der Waals surface area contributed by atoms with E-state index in [9.17, 15) is 9.59 Å². The van der Waals surface area contributed by atoms with Gasteiger partial charge in [0.15, 0.2) is 0 Å². The highest BCUT2D eigenvalue weighted by Gasteiger charge is 2.36. The van der Waals surface area contributed by atoms with Crippen LogP contribution in [0.5, 0.6) is 0 Å². The fraction of sp³-hybridized carbons (Fsp3) is 0.600. The Hall–Kier alpha value is -1.62. The van der Waals surface area contributed by atoms with E-state index in [0.29, 0.717) is 12.8 Å². The van der Waals surface area contributed by atoms with E-state index in [1.54, 1.807) is 0 Å². The summed E-state index contributed by atoms with van der Waals surface area (Å²) >= 11 is 0. The summed E-state index contributed by atoms with van der Waals surface area (Å²) < 4.78 is 2.03. The number of nitrogens with one attached hydrogen (secondary N) is 1. The van der Waals surface area contributed by atoms with Gasteiger partial charge in [-0.3, -0.25) is 14.9 Å². The highest BCUT2D eigenvalue weighted by atomic mass is 16.2. The maximum Gasteiger partial charge on any atom is 0.249 e. The largest absolute Gasteiger partial charge is 0.339 e. The Morgan fingerprint density at radius 1 is 1.40 bits per heavy atom. The first-order chi connectivity index (χ1) is 9.37. The van der Waals surface area contributed by atoms with Crippen molar-refractivity contribution in [2.75, 3.05) is 0 Å². The number of hydrogen-bond acceptors (Lipinski definition) is 3. The summed E-state index contributed by atoms with van der Waals surface area (Å²) in [5.41, 5.74) is 8.70. The van der Waals surface area contributed by atoms with Gasteiger partial charge in [0.1, 0.15) is 6.04 Å². The van der Waals surface area contributed by atoms with Gasteiger partial charge in [-0.25, -0.2) is 0 Å². The molecule has 0 radical (unpaired) electrons. The van der Waals surface area contributed by atoms with E-state index in [1.165, 1.54) is 0 Å². The number of nitrogens with two attached hydrogens (primary N) is 1. The first-order valence-corrected chi connectivity index (χ1v) is 7.16. The number of amides is 2. The quantitative estimate of drug-likeness (QED) is 0.761. The number of imide groups is 1. The molecule has 3 N–H and O–H groups in total. The summed E-state index contributed by atoms with van der Waals surface area (Å²) in [4.78, 5) is 23.3. The second kappa shape index (κ2) is 4.45. The third-order valence-electron chi connectivity index (χ3n) is 4.42. The Bertz CT molecular complexity index is 574. The molecule has 0 aromatic carbocycles. The molecule has 5 heteroatoms. The van der Waals surface area contributed by atoms with Crippen molar-refractivity contribution < 1.29 is 9.59 Å². The molecule has 1 aromatic heterocycles. The van der Waals surface area contributed by atoms with Crippen LogP contribution in [0.4, 0.5) is 0 Å². The summed E-state index contributed by atoms with van der Waals surface area (Å²) in [6, 6.07) is 1.78. The summed E-state index contributed by atoms with van der Waals surface area (Å²) in [6.45, 7) is 4.41. The lowest BCUT2D eigenvalue weighted by Crippen LogP contribution is -2.42. The zero-order valence-electron chi connectivity index (χ0n) is 12.0. The van der Waals surface area contributed by atoms with Crippen molar-refractivity contribution in [3.05, 3.63) is 23.5 Å². The van der Waals surface area contributed by atoms with Crippen LogP contribution in [0.15, 0.2) is 12.3 Å². The molecule has 1 aliphatic heterocycles. The molecule has 0 bridgehead atoms. The molecule has 1 aromatic rings. The molecular formula is C15H21N3O2. The number of carbonyl (C=O) groups is 2. The van der Waals surface area contributed by atoms with Crippen LogP contribution in [0.2, 0.25) is 0 Å². The average Bonchev–Trinajstić information content (AvgIpc) is 2.71. The number of fused-ring (bicyclic) bond motifs is 1. The predicted octanol–water partition coefficient (Wildman–Crippen LogP) is 1.44. The fourth-order valence-corrected chi connectivity index (χ4v) is 3.50. The monoisotopic (exact) mass is 275 g/mol. The smallest absolute Gasteiger partial charge is 0.249 e. The van der Waals surface area contributed by atoms with Gasteiger partial charge in [-0.05, 0) is 36.3 Å². The van der Waals surface area contributed by atoms with E-state index in [2.05, 4.69) is 19.2 Å². The molecular weight excluding hydrogens is 254 g/mol. The van der Waals surface area contributed by atoms with Crippen molar-refractivity contribution in [2.24, 2.45) is 11.1 Å². The summed E-state index contributed by atoms with van der Waals surface area (Å²) in [5.74, 6) is -0.374. The lowest BCUT2D eigenvalue weighted by atomic mass is 9.74. The van der Waals surface area contributed by atoms with E-state index < -0.39 is 0 Å². The molecule has 20 heavy (non-hydrogen) atoms. The third-order valence-corrected chi connectivity index (χ3v) is 4.42. The molecule has 2 aliphatic rings. The topological polar surface area (TPSA) is 77.1 Å². The number of hydrogen-bond donors (Lipinski definition) is 2. The minimum absolute atomic E-state index is 0.0308. The molecule has 2 heterocycles. The minimum Gasteiger partial charge on any atom is -0.339 e. The van der Waals surface area contributed by atoms with Gasteiger partial charge in [0.2, 0.25) is 11.8 Å². The Balaban J connectivity index is 1.97. The molecule has 1 saturated heterocycles. The summed E-state index contributed by atoms with van der Waals surface area (Å²) in [5, 5.41) is 2.43. The molecule has 3 rings (SSSR count). The van der Waals surface area contributed by atoms with E-state index in [0.717, 1.165) is 24.1 Å². The first kappa shape index (κ1) is 13.4. The van der Waals surface area contributed by atoms with E-state index in [1.807, 2.05) is 16.8 Å². The number of carbonyl (C=O) groups excluding carboxylic acids is 2. The molecule has 0 spiro atoms. The van der Waals surface area contributed by atoms with Crippen LogP contribution < -0.4 is 11.1 Å². The van der Waals surface area contributed by atoms with Crippen LogP contribution in [0.25, 0.3) is 0 Å². The van der Waals surface area contributed by atoms with Crippen molar-refractivity contribution in [1.82, 2.24) is 9.88 Å². The molecule has 2 unspecified atom stereocenters. The first-order valence-electron chi connectivity index (χ1n) is 7.16. The second-order valence-corrected chi connectivity index (χ2v) is 6.74. The van der Waals surface area contributed by atoms with Crippen molar-refractivity contribution in [3.63, 3.8) is 0 Å². The molecule has 0 saturated carbocycles. The lowest BCUT2D eigenvalue weighted by Gasteiger charge is -2.36. The van der Waals surface area contributed by atoms with Crippen LogP contribution in [-0.4, -0.2) is 16.4 Å². The average molecular weight is 275 g/mol. The maximum atomic E-state index is 12.0. The highest BCUT2D eigenvalue weighted by Crippen LogP contribution is 2.41. The van der Waals surface area contributed by atoms with Crippen LogP contribution in [-0.2, 0) is 16.0 Å². The number of aromatic nitrogens is 1. The van der Waals surface area contributed by atoms with Gasteiger partial charge < -0.3 is 10.3 Å². The normalized spacial score (nSPS) is 28.9. The fourth-order valence-electron chi connectivity index (χ4n) is 3.50. The summed E-state index contributed by atoms with van der Waals surface area (Å²) in [6.07, 6.45) is 4.80. The Morgan fingerprint density at radius 2 is 2.15 bits per heavy atom. The van der Waals surface area contributed by atoms with Crippen molar-refractivity contribution in [3.8, 4) is 0 Å². The van der Waals surface area contributed by atoms with E-state index in [-0.39, 0.29) is 29.3 Å². The zero-order chi connectivity index (χ0) is 14.5. The van der Waals surface area contributed by atoms with Crippen molar-refractivity contribution in [1.29, 1.82) is 0 Å². The van der Waals surface area contributed by atoms with Gasteiger partial charge >= 0.3 is 0 Å². The summed E-state index contributed by atoms with van der Waals surface area (Å²) in [7, 11) is 0. The predicted molar refractivity (Wildman–Crippen MR) is 74.9 cm³/mol. The molecule has 108 valence electrons. The molecule has 1 aliphatic carbocycles. The van der Waals surface area contributed by atoms with E-state index >= 15 is 0 Å². The van der Waals surface area contributed by atoms with Crippen molar-refractivity contribution >= 4 is 11.8 Å². The van der Waals surface area contributed by atoms with Gasteiger partial charge in [0.25, 0.3) is 0 Å². The SMILES string of the molecule is CC1(C)Cc2c(ccn2C2CCC(=O)NC2=O)C(N)C1. The van der Waals surface area contributed by atoms with E-state index in [4.69, 9.17) is 5.73 Å². The Labute approximate surface area is 118 Å². The highest BCUT2D eigenvalue weighted by molar-refractivity contribution is 5.99. The lowest BCUT2D eigenvalue weighted by molar-refractivity contribution is -0.135. The van der Waals surface area contributed by atoms with Crippen molar-refractivity contribution in [2.45, 2.75) is 51.6 Å². The standard InChI is InChI=1S/C15H21N3O2/c1-15(2)7-10(16)9-5-6-18(12(9)8-15)11-3-4-13(19)17-14(11)20/h5-6,10-11H,3-4,7-8,16H2,1-2H3,(H,17,19,20). The maximum absolute atomic E-state index is 12.0. The second-order valence-electron chi connectivity index (χ2n) is 6.74. The molecule has 1 fully saturated rings. The Morgan fingerprint density at radius 3 is 2.85 bits per heavy atom. The zero-order valence-corrected chi connectivity index (χ0v) is 12.0. The van der Waals surface area contributed by atoms with Crippen LogP contribution >= 0.6 is 0 Å². The van der Waals surface area contributed by atoms with Gasteiger partial charge in [-0.1, -0.05) is 13.8 Å². The molecule has 2 amide bonds. The number of nitrogens with zero attached hydrogens (tertiary/aromatic N) is 1. The molecule has 2 atom stereocenters. The van der Waals surface area contributed by atoms with Gasteiger partial charge in [-0.2, -0.15) is 0 Å². The minimum atomic E-state index is -0.280. The Kier molecular flexibility index (Phi) is 2.97. The van der Waals surface area contributed by atoms with Gasteiger partial charge in [0.05, 0.1) is 0 Å². The van der Waals surface area contributed by atoms with Gasteiger partial charge in [-0.15, -0.1) is 0 Å². The van der Waals surface area contributed by atoms with Crippen LogP contribution in [0.1, 0.15) is 56.5 Å².